The predicted molar refractivity (Wildman–Crippen MR) is 87.0 cm³/mol. The van der Waals surface area contributed by atoms with Crippen molar-refractivity contribution in [2.45, 2.75) is 38.6 Å². The SMILES string of the molecule is CCCNCC1CCCCN(C)C1c1cccc(C#N)c1. The first kappa shape index (κ1) is 16.0. The number of hydrogen-bond donors (Lipinski definition) is 1. The quantitative estimate of drug-likeness (QED) is 0.843. The van der Waals surface area contributed by atoms with Crippen molar-refractivity contribution in [3.8, 4) is 6.07 Å². The van der Waals surface area contributed by atoms with Crippen molar-refractivity contribution in [3.63, 3.8) is 0 Å². The molecule has 3 nitrogen and oxygen atoms in total. The Balaban J connectivity index is 2.21. The molecule has 0 aromatic heterocycles. The standard InChI is InChI=1S/C18H27N3/c1-3-10-20-14-17-8-4-5-11-21(2)18(17)16-9-6-7-15(12-16)13-19/h6-7,9,12,17-18,20H,3-5,8,10-11,14H2,1-2H3. The molecular formula is C18H27N3. The molecule has 0 amide bonds. The molecule has 1 heterocycles. The van der Waals surface area contributed by atoms with Gasteiger partial charge in [0, 0.05) is 6.04 Å². The van der Waals surface area contributed by atoms with Crippen molar-refractivity contribution in [2.75, 3.05) is 26.7 Å². The Morgan fingerprint density at radius 2 is 2.24 bits per heavy atom. The normalized spacial score (nSPS) is 23.5. The third-order valence-electron chi connectivity index (χ3n) is 4.45. The van der Waals surface area contributed by atoms with Gasteiger partial charge in [-0.25, -0.2) is 0 Å². The molecule has 1 aromatic rings. The van der Waals surface area contributed by atoms with Crippen LogP contribution in [0.3, 0.4) is 0 Å². The second kappa shape index (κ2) is 8.17. The van der Waals surface area contributed by atoms with Crippen molar-refractivity contribution >= 4 is 0 Å². The second-order valence-electron chi connectivity index (χ2n) is 6.12. The summed E-state index contributed by atoms with van der Waals surface area (Å²) in [6, 6.07) is 10.9. The van der Waals surface area contributed by atoms with Gasteiger partial charge in [0.05, 0.1) is 11.6 Å². The van der Waals surface area contributed by atoms with Gasteiger partial charge in [-0.1, -0.05) is 25.5 Å². The van der Waals surface area contributed by atoms with E-state index in [1.54, 1.807) is 0 Å². The molecule has 0 aliphatic carbocycles. The molecule has 1 aromatic carbocycles. The minimum atomic E-state index is 0.421. The number of rotatable bonds is 5. The average molecular weight is 285 g/mol. The van der Waals surface area contributed by atoms with E-state index in [0.29, 0.717) is 12.0 Å². The fourth-order valence-electron chi connectivity index (χ4n) is 3.42. The molecule has 1 N–H and O–H groups in total. The summed E-state index contributed by atoms with van der Waals surface area (Å²) in [5, 5.41) is 12.7. The van der Waals surface area contributed by atoms with E-state index < -0.39 is 0 Å². The zero-order valence-corrected chi connectivity index (χ0v) is 13.3. The Morgan fingerprint density at radius 3 is 3.00 bits per heavy atom. The summed E-state index contributed by atoms with van der Waals surface area (Å²) in [6.07, 6.45) is 5.02. The van der Waals surface area contributed by atoms with Crippen LogP contribution in [0.4, 0.5) is 0 Å². The first-order valence-corrected chi connectivity index (χ1v) is 8.17. The maximum absolute atomic E-state index is 9.15. The Hall–Kier alpha value is -1.37. The minimum Gasteiger partial charge on any atom is -0.316 e. The van der Waals surface area contributed by atoms with E-state index in [1.165, 1.54) is 31.2 Å². The molecule has 2 atom stereocenters. The molecule has 0 spiro atoms. The number of hydrogen-bond acceptors (Lipinski definition) is 3. The van der Waals surface area contributed by atoms with Gasteiger partial charge in [0.2, 0.25) is 0 Å². The minimum absolute atomic E-state index is 0.421. The molecule has 1 fully saturated rings. The third-order valence-corrected chi connectivity index (χ3v) is 4.45. The lowest BCUT2D eigenvalue weighted by Crippen LogP contribution is -2.35. The molecule has 21 heavy (non-hydrogen) atoms. The first-order valence-electron chi connectivity index (χ1n) is 8.17. The molecule has 0 bridgehead atoms. The Bertz CT molecular complexity index is 478. The average Bonchev–Trinajstić information content (AvgIpc) is 2.69. The Morgan fingerprint density at radius 1 is 1.38 bits per heavy atom. The molecule has 114 valence electrons. The highest BCUT2D eigenvalue weighted by molar-refractivity contribution is 5.34. The Labute approximate surface area is 129 Å². The maximum atomic E-state index is 9.15. The van der Waals surface area contributed by atoms with Gasteiger partial charge in [0.1, 0.15) is 0 Å². The zero-order valence-electron chi connectivity index (χ0n) is 13.3. The van der Waals surface area contributed by atoms with E-state index >= 15 is 0 Å². The van der Waals surface area contributed by atoms with Gasteiger partial charge >= 0.3 is 0 Å². The van der Waals surface area contributed by atoms with E-state index in [2.05, 4.69) is 42.4 Å². The molecule has 2 unspecified atom stereocenters. The molecule has 0 saturated carbocycles. The van der Waals surface area contributed by atoms with Crippen molar-refractivity contribution in [1.82, 2.24) is 10.2 Å². The lowest BCUT2D eigenvalue weighted by molar-refractivity contribution is 0.189. The summed E-state index contributed by atoms with van der Waals surface area (Å²) in [5.41, 5.74) is 2.06. The Kier molecular flexibility index (Phi) is 6.22. The van der Waals surface area contributed by atoms with E-state index in [9.17, 15) is 0 Å². The van der Waals surface area contributed by atoms with E-state index in [1.807, 2.05) is 12.1 Å². The van der Waals surface area contributed by atoms with Gasteiger partial charge in [-0.2, -0.15) is 5.26 Å². The van der Waals surface area contributed by atoms with Gasteiger partial charge in [0.25, 0.3) is 0 Å². The summed E-state index contributed by atoms with van der Waals surface area (Å²) >= 11 is 0. The predicted octanol–water partition coefficient (Wildman–Crippen LogP) is 3.33. The third kappa shape index (κ3) is 4.30. The second-order valence-corrected chi connectivity index (χ2v) is 6.12. The summed E-state index contributed by atoms with van der Waals surface area (Å²) in [7, 11) is 2.22. The van der Waals surface area contributed by atoms with Crippen molar-refractivity contribution < 1.29 is 0 Å². The number of likely N-dealkylation sites (tertiary alicyclic amines) is 1. The van der Waals surface area contributed by atoms with Crippen LogP contribution in [-0.2, 0) is 0 Å². The van der Waals surface area contributed by atoms with Crippen LogP contribution in [0.25, 0.3) is 0 Å². The highest BCUT2D eigenvalue weighted by Crippen LogP contribution is 2.34. The summed E-state index contributed by atoms with van der Waals surface area (Å²) in [6.45, 7) is 5.51. The fraction of sp³-hybridized carbons (Fsp3) is 0.611. The number of nitrogens with zero attached hydrogens (tertiary/aromatic N) is 2. The van der Waals surface area contributed by atoms with Crippen LogP contribution in [-0.4, -0.2) is 31.6 Å². The van der Waals surface area contributed by atoms with Crippen LogP contribution in [0.2, 0.25) is 0 Å². The summed E-state index contributed by atoms with van der Waals surface area (Å²) in [5.74, 6) is 0.623. The molecule has 3 heteroatoms. The molecule has 0 radical (unpaired) electrons. The van der Waals surface area contributed by atoms with Crippen molar-refractivity contribution in [2.24, 2.45) is 5.92 Å². The largest absolute Gasteiger partial charge is 0.316 e. The topological polar surface area (TPSA) is 39.1 Å². The van der Waals surface area contributed by atoms with Crippen LogP contribution < -0.4 is 5.32 Å². The molecule has 1 saturated heterocycles. The van der Waals surface area contributed by atoms with Crippen molar-refractivity contribution in [1.29, 1.82) is 5.26 Å². The molecular weight excluding hydrogens is 258 g/mol. The highest BCUT2D eigenvalue weighted by atomic mass is 15.1. The van der Waals surface area contributed by atoms with Gasteiger partial charge in [-0.3, -0.25) is 4.90 Å². The highest BCUT2D eigenvalue weighted by Gasteiger charge is 2.28. The molecule has 1 aliphatic heterocycles. The van der Waals surface area contributed by atoms with Gasteiger partial charge in [-0.05, 0) is 69.6 Å². The molecule has 2 rings (SSSR count). The summed E-state index contributed by atoms with van der Waals surface area (Å²) < 4.78 is 0. The van der Waals surface area contributed by atoms with Crippen LogP contribution >= 0.6 is 0 Å². The van der Waals surface area contributed by atoms with Gasteiger partial charge < -0.3 is 5.32 Å². The zero-order chi connectivity index (χ0) is 15.1. The number of benzene rings is 1. The van der Waals surface area contributed by atoms with Crippen LogP contribution in [0.5, 0.6) is 0 Å². The number of nitrogens with one attached hydrogen (secondary N) is 1. The lowest BCUT2D eigenvalue weighted by atomic mass is 9.88. The summed E-state index contributed by atoms with van der Waals surface area (Å²) in [4.78, 5) is 2.47. The fourth-order valence-corrected chi connectivity index (χ4v) is 3.42. The van der Waals surface area contributed by atoms with Gasteiger partial charge in [0.15, 0.2) is 0 Å². The smallest absolute Gasteiger partial charge is 0.0991 e. The van der Waals surface area contributed by atoms with Crippen LogP contribution in [0, 0.1) is 17.2 Å². The lowest BCUT2D eigenvalue weighted by Gasteiger charge is -2.33. The first-order chi connectivity index (χ1) is 10.3. The maximum Gasteiger partial charge on any atom is 0.0991 e. The van der Waals surface area contributed by atoms with Crippen LogP contribution in [0.15, 0.2) is 24.3 Å². The van der Waals surface area contributed by atoms with E-state index in [-0.39, 0.29) is 0 Å². The van der Waals surface area contributed by atoms with Crippen molar-refractivity contribution in [3.05, 3.63) is 35.4 Å². The van der Waals surface area contributed by atoms with E-state index in [0.717, 1.165) is 25.2 Å². The van der Waals surface area contributed by atoms with Crippen LogP contribution in [0.1, 0.15) is 49.8 Å². The molecule has 1 aliphatic rings. The monoisotopic (exact) mass is 285 g/mol. The van der Waals surface area contributed by atoms with Gasteiger partial charge in [-0.15, -0.1) is 0 Å². The number of nitriles is 1. The van der Waals surface area contributed by atoms with E-state index in [4.69, 9.17) is 5.26 Å².